The van der Waals surface area contributed by atoms with Gasteiger partial charge >= 0.3 is 5.69 Å². The van der Waals surface area contributed by atoms with Crippen molar-refractivity contribution < 1.29 is 9.66 Å². The smallest absolute Gasteiger partial charge is 0.312 e. The minimum absolute atomic E-state index is 0.0517. The van der Waals surface area contributed by atoms with Gasteiger partial charge in [0.1, 0.15) is 0 Å². The zero-order valence-electron chi connectivity index (χ0n) is 9.76. The lowest BCUT2D eigenvalue weighted by atomic mass is 9.71. The summed E-state index contributed by atoms with van der Waals surface area (Å²) < 4.78 is 5.60. The van der Waals surface area contributed by atoms with Crippen LogP contribution in [0.25, 0.3) is 0 Å². The fraction of sp³-hybridized carbons (Fsp3) is 0.500. The lowest BCUT2D eigenvalue weighted by Crippen LogP contribution is -2.37. The average molecular weight is 288 g/mol. The van der Waals surface area contributed by atoms with Crippen molar-refractivity contribution in [2.75, 3.05) is 12.4 Å². The number of hydrogen-bond acceptors (Lipinski definition) is 4. The van der Waals surface area contributed by atoms with E-state index in [4.69, 9.17) is 16.3 Å². The molecule has 1 saturated carbocycles. The van der Waals surface area contributed by atoms with Crippen LogP contribution in [-0.2, 0) is 0 Å². The number of hydrogen-bond donors (Lipinski definition) is 1. The Morgan fingerprint density at radius 1 is 1.50 bits per heavy atom. The number of nitro benzene ring substituents is 1. The Balaban J connectivity index is 2.15. The van der Waals surface area contributed by atoms with Crippen molar-refractivity contribution in [3.8, 4) is 5.75 Å². The first-order valence-corrected chi connectivity index (χ1v) is 6.76. The van der Waals surface area contributed by atoms with Gasteiger partial charge in [-0.1, -0.05) is 24.1 Å². The van der Waals surface area contributed by atoms with Crippen LogP contribution in [0.15, 0.2) is 18.2 Å². The molecule has 6 heteroatoms. The zero-order valence-corrected chi connectivity index (χ0v) is 11.4. The van der Waals surface area contributed by atoms with Gasteiger partial charge in [0.05, 0.1) is 16.6 Å². The first kappa shape index (κ1) is 13.5. The van der Waals surface area contributed by atoms with Crippen molar-refractivity contribution in [1.82, 2.24) is 0 Å². The fourth-order valence-corrected chi connectivity index (χ4v) is 2.67. The van der Waals surface area contributed by atoms with Crippen LogP contribution < -0.4 is 4.74 Å². The summed E-state index contributed by atoms with van der Waals surface area (Å²) in [6.07, 6.45) is 3.26. The molecule has 1 aromatic carbocycles. The van der Waals surface area contributed by atoms with E-state index in [1.807, 2.05) is 0 Å². The molecule has 0 saturated heterocycles. The highest BCUT2D eigenvalue weighted by Gasteiger charge is 2.37. The van der Waals surface area contributed by atoms with Gasteiger partial charge in [0, 0.05) is 11.5 Å². The summed E-state index contributed by atoms with van der Waals surface area (Å²) in [5.41, 5.74) is -0.0352. The van der Waals surface area contributed by atoms with Crippen LogP contribution in [0.1, 0.15) is 19.3 Å². The molecule has 98 valence electrons. The van der Waals surface area contributed by atoms with Crippen molar-refractivity contribution in [3.05, 3.63) is 33.3 Å². The summed E-state index contributed by atoms with van der Waals surface area (Å²) in [5.74, 6) is 0.892. The predicted molar refractivity (Wildman–Crippen MR) is 73.7 cm³/mol. The molecule has 4 nitrogen and oxygen atoms in total. The standard InChI is InChI=1S/C12H14ClNO3S/c13-9-3-1-4-10(14(15)16)11(9)17-7-12(8-18)5-2-6-12/h1,3-4,18H,2,5-8H2. The van der Waals surface area contributed by atoms with Gasteiger partial charge in [0.2, 0.25) is 5.75 Å². The van der Waals surface area contributed by atoms with E-state index in [0.29, 0.717) is 6.61 Å². The summed E-state index contributed by atoms with van der Waals surface area (Å²) in [6.45, 7) is 0.432. The van der Waals surface area contributed by atoms with Gasteiger partial charge < -0.3 is 4.74 Å². The minimum Gasteiger partial charge on any atom is -0.485 e. The molecule has 0 unspecified atom stereocenters. The van der Waals surface area contributed by atoms with E-state index in [1.165, 1.54) is 6.07 Å². The largest absolute Gasteiger partial charge is 0.485 e. The summed E-state index contributed by atoms with van der Waals surface area (Å²) in [7, 11) is 0. The highest BCUT2D eigenvalue weighted by molar-refractivity contribution is 7.80. The highest BCUT2D eigenvalue weighted by atomic mass is 35.5. The molecule has 0 N–H and O–H groups in total. The Morgan fingerprint density at radius 3 is 2.72 bits per heavy atom. The second-order valence-corrected chi connectivity index (χ2v) is 5.37. The van der Waals surface area contributed by atoms with Gasteiger partial charge in [-0.2, -0.15) is 12.6 Å². The number of rotatable bonds is 5. The first-order chi connectivity index (χ1) is 8.58. The van der Waals surface area contributed by atoms with Gasteiger partial charge in [-0.05, 0) is 24.7 Å². The highest BCUT2D eigenvalue weighted by Crippen LogP contribution is 2.43. The molecule has 1 fully saturated rings. The lowest BCUT2D eigenvalue weighted by Gasteiger charge is -2.40. The third kappa shape index (κ3) is 2.57. The van der Waals surface area contributed by atoms with E-state index in [2.05, 4.69) is 12.6 Å². The monoisotopic (exact) mass is 287 g/mol. The van der Waals surface area contributed by atoms with Gasteiger partial charge in [-0.3, -0.25) is 10.1 Å². The van der Waals surface area contributed by atoms with Gasteiger partial charge in [0.25, 0.3) is 0 Å². The Labute approximate surface area is 116 Å². The SMILES string of the molecule is O=[N+]([O-])c1cccc(Cl)c1OCC1(CS)CCC1. The van der Waals surface area contributed by atoms with Crippen molar-refractivity contribution in [2.45, 2.75) is 19.3 Å². The quantitative estimate of drug-likeness (QED) is 0.510. The second-order valence-electron chi connectivity index (χ2n) is 4.65. The molecule has 0 atom stereocenters. The molecular formula is C12H14ClNO3S. The van der Waals surface area contributed by atoms with E-state index in [1.54, 1.807) is 12.1 Å². The van der Waals surface area contributed by atoms with E-state index in [-0.39, 0.29) is 21.9 Å². The third-order valence-corrected chi connectivity index (χ3v) is 4.38. The number of para-hydroxylation sites is 1. The molecule has 0 spiro atoms. The molecule has 1 aromatic rings. The van der Waals surface area contributed by atoms with Crippen LogP contribution in [0.3, 0.4) is 0 Å². The van der Waals surface area contributed by atoms with Crippen LogP contribution in [0.2, 0.25) is 5.02 Å². The summed E-state index contributed by atoms with van der Waals surface area (Å²) in [6, 6.07) is 4.54. The van der Waals surface area contributed by atoms with Crippen LogP contribution in [0, 0.1) is 15.5 Å². The summed E-state index contributed by atoms with van der Waals surface area (Å²) >= 11 is 10.3. The molecule has 2 rings (SSSR count). The van der Waals surface area contributed by atoms with Crippen LogP contribution in [-0.4, -0.2) is 17.3 Å². The number of thiol groups is 1. The Hall–Kier alpha value is -0.940. The molecule has 0 aromatic heterocycles. The Kier molecular flexibility index (Phi) is 4.02. The van der Waals surface area contributed by atoms with Crippen LogP contribution >= 0.6 is 24.2 Å². The normalized spacial score (nSPS) is 17.0. The number of nitrogens with zero attached hydrogens (tertiary/aromatic N) is 1. The number of ether oxygens (including phenoxy) is 1. The van der Waals surface area contributed by atoms with E-state index in [0.717, 1.165) is 25.0 Å². The predicted octanol–water partition coefficient (Wildman–Crippen LogP) is 3.73. The minimum atomic E-state index is -0.477. The number of benzene rings is 1. The fourth-order valence-electron chi connectivity index (χ4n) is 2.03. The maximum atomic E-state index is 10.9. The first-order valence-electron chi connectivity index (χ1n) is 5.74. The number of nitro groups is 1. The Bertz CT molecular complexity index is 457. The second kappa shape index (κ2) is 5.36. The molecule has 0 amide bonds. The third-order valence-electron chi connectivity index (χ3n) is 3.42. The zero-order chi connectivity index (χ0) is 13.2. The van der Waals surface area contributed by atoms with Crippen LogP contribution in [0.4, 0.5) is 5.69 Å². The van der Waals surface area contributed by atoms with Gasteiger partial charge in [-0.15, -0.1) is 0 Å². The topological polar surface area (TPSA) is 52.4 Å². The van der Waals surface area contributed by atoms with Crippen molar-refractivity contribution in [1.29, 1.82) is 0 Å². The maximum absolute atomic E-state index is 10.9. The molecule has 18 heavy (non-hydrogen) atoms. The molecule has 0 radical (unpaired) electrons. The summed E-state index contributed by atoms with van der Waals surface area (Å²) in [4.78, 5) is 10.4. The average Bonchev–Trinajstić information content (AvgIpc) is 2.29. The van der Waals surface area contributed by atoms with Gasteiger partial charge in [-0.25, -0.2) is 0 Å². The lowest BCUT2D eigenvalue weighted by molar-refractivity contribution is -0.386. The van der Waals surface area contributed by atoms with E-state index < -0.39 is 4.92 Å². The van der Waals surface area contributed by atoms with E-state index >= 15 is 0 Å². The van der Waals surface area contributed by atoms with Gasteiger partial charge in [0.15, 0.2) is 0 Å². The van der Waals surface area contributed by atoms with E-state index in [9.17, 15) is 10.1 Å². The molecule has 0 aliphatic heterocycles. The van der Waals surface area contributed by atoms with Crippen molar-refractivity contribution >= 4 is 29.9 Å². The Morgan fingerprint density at radius 2 is 2.22 bits per heavy atom. The van der Waals surface area contributed by atoms with Crippen molar-refractivity contribution in [2.24, 2.45) is 5.41 Å². The molecule has 1 aliphatic rings. The number of halogens is 1. The molecule has 0 heterocycles. The molecular weight excluding hydrogens is 274 g/mol. The molecule has 1 aliphatic carbocycles. The summed E-state index contributed by atoms with van der Waals surface area (Å²) in [5, 5.41) is 11.2. The molecule has 0 bridgehead atoms. The van der Waals surface area contributed by atoms with Crippen LogP contribution in [0.5, 0.6) is 5.75 Å². The maximum Gasteiger partial charge on any atom is 0.312 e. The van der Waals surface area contributed by atoms with Crippen molar-refractivity contribution in [3.63, 3.8) is 0 Å².